The van der Waals surface area contributed by atoms with E-state index in [2.05, 4.69) is 34.1 Å². The van der Waals surface area contributed by atoms with Crippen LogP contribution in [0.1, 0.15) is 35.2 Å². The summed E-state index contributed by atoms with van der Waals surface area (Å²) in [4.78, 5) is 11.8. The second kappa shape index (κ2) is 7.57. The minimum Gasteiger partial charge on any atom is -0.441 e. The fraction of sp³-hybridized carbons (Fsp3) is 0.348. The SMILES string of the molecule is Cc1cccc(-c2nc(CN3CCC(c4nc(-c5cccn5C)no4)C3)c(C)o2)c1. The summed E-state index contributed by atoms with van der Waals surface area (Å²) in [7, 11) is 1.98. The molecule has 0 aliphatic carbocycles. The molecule has 3 aromatic heterocycles. The van der Waals surface area contributed by atoms with Gasteiger partial charge in [0.25, 0.3) is 0 Å². The Balaban J connectivity index is 1.27. The summed E-state index contributed by atoms with van der Waals surface area (Å²) in [6, 6.07) is 12.2. The van der Waals surface area contributed by atoms with Crippen LogP contribution in [0.25, 0.3) is 23.0 Å². The average molecular weight is 403 g/mol. The van der Waals surface area contributed by atoms with Crippen LogP contribution >= 0.6 is 0 Å². The summed E-state index contributed by atoms with van der Waals surface area (Å²) in [6.07, 6.45) is 2.98. The van der Waals surface area contributed by atoms with Crippen molar-refractivity contribution in [2.24, 2.45) is 7.05 Å². The van der Waals surface area contributed by atoms with Crippen molar-refractivity contribution in [2.45, 2.75) is 32.7 Å². The van der Waals surface area contributed by atoms with Crippen LogP contribution in [0.4, 0.5) is 0 Å². The number of aryl methyl sites for hydroxylation is 3. The van der Waals surface area contributed by atoms with E-state index in [4.69, 9.17) is 13.9 Å². The Kier molecular flexibility index (Phi) is 4.75. The van der Waals surface area contributed by atoms with E-state index < -0.39 is 0 Å². The highest BCUT2D eigenvalue weighted by molar-refractivity contribution is 5.54. The van der Waals surface area contributed by atoms with Crippen molar-refractivity contribution in [2.75, 3.05) is 13.1 Å². The molecular weight excluding hydrogens is 378 g/mol. The van der Waals surface area contributed by atoms with Gasteiger partial charge in [0.1, 0.15) is 5.76 Å². The van der Waals surface area contributed by atoms with Gasteiger partial charge in [-0.25, -0.2) is 4.98 Å². The highest BCUT2D eigenvalue weighted by atomic mass is 16.5. The molecule has 7 heteroatoms. The van der Waals surface area contributed by atoms with Crippen molar-refractivity contribution in [3.8, 4) is 23.0 Å². The molecule has 5 rings (SSSR count). The van der Waals surface area contributed by atoms with Gasteiger partial charge in [-0.3, -0.25) is 4.90 Å². The molecule has 0 spiro atoms. The third kappa shape index (κ3) is 3.57. The molecule has 1 fully saturated rings. The first kappa shape index (κ1) is 18.8. The average Bonchev–Trinajstić information content (AvgIpc) is 3.50. The maximum absolute atomic E-state index is 5.95. The molecule has 1 aromatic carbocycles. The number of oxazole rings is 1. The van der Waals surface area contributed by atoms with E-state index in [-0.39, 0.29) is 5.92 Å². The van der Waals surface area contributed by atoms with E-state index >= 15 is 0 Å². The Morgan fingerprint density at radius 2 is 2.03 bits per heavy atom. The first-order valence-corrected chi connectivity index (χ1v) is 10.3. The molecule has 0 saturated carbocycles. The van der Waals surface area contributed by atoms with Crippen LogP contribution in [0.2, 0.25) is 0 Å². The van der Waals surface area contributed by atoms with Gasteiger partial charge in [-0.2, -0.15) is 4.98 Å². The lowest BCUT2D eigenvalue weighted by atomic mass is 10.1. The Morgan fingerprint density at radius 1 is 1.13 bits per heavy atom. The molecule has 7 nitrogen and oxygen atoms in total. The molecule has 4 aromatic rings. The minimum absolute atomic E-state index is 0.245. The van der Waals surface area contributed by atoms with Gasteiger partial charge >= 0.3 is 0 Å². The summed E-state index contributed by atoms with van der Waals surface area (Å²) in [5.41, 5.74) is 4.16. The molecule has 0 radical (unpaired) electrons. The van der Waals surface area contributed by atoms with Gasteiger partial charge in [0.15, 0.2) is 0 Å². The van der Waals surface area contributed by atoms with E-state index in [1.165, 1.54) is 5.56 Å². The smallest absolute Gasteiger partial charge is 0.231 e. The monoisotopic (exact) mass is 403 g/mol. The Bertz CT molecular complexity index is 1170. The van der Waals surface area contributed by atoms with Crippen LogP contribution in [0, 0.1) is 13.8 Å². The molecule has 1 aliphatic heterocycles. The highest BCUT2D eigenvalue weighted by Gasteiger charge is 2.30. The zero-order chi connectivity index (χ0) is 20.7. The van der Waals surface area contributed by atoms with Gasteiger partial charge in [0.2, 0.25) is 17.6 Å². The summed E-state index contributed by atoms with van der Waals surface area (Å²) in [5, 5.41) is 4.18. The lowest BCUT2D eigenvalue weighted by Crippen LogP contribution is -2.20. The van der Waals surface area contributed by atoms with E-state index in [0.717, 1.165) is 48.8 Å². The van der Waals surface area contributed by atoms with E-state index in [1.807, 2.05) is 49.0 Å². The van der Waals surface area contributed by atoms with Crippen LogP contribution < -0.4 is 0 Å². The van der Waals surface area contributed by atoms with Gasteiger partial charge in [0.05, 0.1) is 17.3 Å². The molecule has 154 valence electrons. The summed E-state index contributed by atoms with van der Waals surface area (Å²) in [6.45, 7) is 6.67. The molecule has 0 bridgehead atoms. The summed E-state index contributed by atoms with van der Waals surface area (Å²) in [5.74, 6) is 3.16. The van der Waals surface area contributed by atoms with Gasteiger partial charge in [-0.1, -0.05) is 22.9 Å². The van der Waals surface area contributed by atoms with Crippen molar-refractivity contribution in [1.82, 2.24) is 24.6 Å². The van der Waals surface area contributed by atoms with Crippen molar-refractivity contribution >= 4 is 0 Å². The lowest BCUT2D eigenvalue weighted by Gasteiger charge is -2.13. The molecule has 0 amide bonds. The maximum atomic E-state index is 5.95. The summed E-state index contributed by atoms with van der Waals surface area (Å²) < 4.78 is 13.5. The zero-order valence-electron chi connectivity index (χ0n) is 17.5. The number of rotatable bonds is 5. The first-order chi connectivity index (χ1) is 14.6. The molecule has 1 aliphatic rings. The first-order valence-electron chi connectivity index (χ1n) is 10.3. The van der Waals surface area contributed by atoms with E-state index in [9.17, 15) is 0 Å². The van der Waals surface area contributed by atoms with Gasteiger partial charge < -0.3 is 13.5 Å². The number of hydrogen-bond acceptors (Lipinski definition) is 6. The van der Waals surface area contributed by atoms with Crippen molar-refractivity contribution < 1.29 is 8.94 Å². The number of benzene rings is 1. The molecule has 1 atom stereocenters. The third-order valence-electron chi connectivity index (χ3n) is 5.77. The number of aromatic nitrogens is 4. The topological polar surface area (TPSA) is 73.1 Å². The van der Waals surface area contributed by atoms with Gasteiger partial charge in [-0.05, 0) is 51.1 Å². The lowest BCUT2D eigenvalue weighted by molar-refractivity contribution is 0.305. The maximum Gasteiger partial charge on any atom is 0.231 e. The second-order valence-corrected chi connectivity index (χ2v) is 8.07. The standard InChI is InChI=1S/C23H25N5O2/c1-15-6-4-7-17(12-15)22-24-19(16(2)29-22)14-28-11-9-18(13-28)23-25-21(26-30-23)20-8-5-10-27(20)3/h4-8,10,12,18H,9,11,13-14H2,1-3H3. The van der Waals surface area contributed by atoms with Crippen molar-refractivity contribution in [3.05, 3.63) is 65.5 Å². The Morgan fingerprint density at radius 3 is 2.83 bits per heavy atom. The molecule has 0 N–H and O–H groups in total. The number of nitrogens with zero attached hydrogens (tertiary/aromatic N) is 5. The van der Waals surface area contributed by atoms with E-state index in [1.54, 1.807) is 0 Å². The fourth-order valence-corrected chi connectivity index (χ4v) is 4.06. The molecular formula is C23H25N5O2. The number of hydrogen-bond donors (Lipinski definition) is 0. The third-order valence-corrected chi connectivity index (χ3v) is 5.77. The number of likely N-dealkylation sites (tertiary alicyclic amines) is 1. The van der Waals surface area contributed by atoms with Crippen LogP contribution in [0.15, 0.2) is 51.5 Å². The van der Waals surface area contributed by atoms with Crippen LogP contribution in [0.5, 0.6) is 0 Å². The summed E-state index contributed by atoms with van der Waals surface area (Å²) >= 11 is 0. The second-order valence-electron chi connectivity index (χ2n) is 8.07. The molecule has 1 unspecified atom stereocenters. The Labute approximate surface area is 175 Å². The predicted molar refractivity (Wildman–Crippen MR) is 113 cm³/mol. The molecule has 1 saturated heterocycles. The van der Waals surface area contributed by atoms with E-state index in [0.29, 0.717) is 17.6 Å². The highest BCUT2D eigenvalue weighted by Crippen LogP contribution is 2.30. The normalized spacial score (nSPS) is 17.1. The van der Waals surface area contributed by atoms with Crippen LogP contribution in [-0.2, 0) is 13.6 Å². The molecule has 4 heterocycles. The zero-order valence-corrected chi connectivity index (χ0v) is 17.5. The largest absolute Gasteiger partial charge is 0.441 e. The fourth-order valence-electron chi connectivity index (χ4n) is 4.06. The van der Waals surface area contributed by atoms with Crippen LogP contribution in [-0.4, -0.2) is 37.7 Å². The predicted octanol–water partition coefficient (Wildman–Crippen LogP) is 4.34. The van der Waals surface area contributed by atoms with Crippen molar-refractivity contribution in [1.29, 1.82) is 0 Å². The Hall–Kier alpha value is -3.19. The van der Waals surface area contributed by atoms with Gasteiger partial charge in [0, 0.05) is 31.9 Å². The molecule has 30 heavy (non-hydrogen) atoms. The minimum atomic E-state index is 0.245. The van der Waals surface area contributed by atoms with Crippen molar-refractivity contribution in [3.63, 3.8) is 0 Å². The quantitative estimate of drug-likeness (QED) is 0.494. The van der Waals surface area contributed by atoms with Crippen LogP contribution in [0.3, 0.4) is 0 Å². The van der Waals surface area contributed by atoms with Gasteiger partial charge in [-0.15, -0.1) is 0 Å².